The van der Waals surface area contributed by atoms with Crippen LogP contribution in [0.3, 0.4) is 0 Å². The molecule has 0 bridgehead atoms. The van der Waals surface area contributed by atoms with E-state index in [0.29, 0.717) is 0 Å². The smallest absolute Gasteiger partial charge is 0.0536 e. The van der Waals surface area contributed by atoms with Gasteiger partial charge in [-0.05, 0) is 129 Å². The van der Waals surface area contributed by atoms with E-state index in [2.05, 4.69) is 254 Å². The summed E-state index contributed by atoms with van der Waals surface area (Å²) in [6.07, 6.45) is 6.59. The molecule has 0 N–H and O–H groups in total. The third-order valence-corrected chi connectivity index (χ3v) is 13.2. The molecule has 0 fully saturated rings. The zero-order valence-corrected chi connectivity index (χ0v) is 35.7. The number of anilines is 6. The van der Waals surface area contributed by atoms with Gasteiger partial charge in [0.2, 0.25) is 0 Å². The highest BCUT2D eigenvalue weighted by atomic mass is 15.1. The standard InChI is InChI=1S/C61H48N2/c1-61(2)57-29-14-11-27-55(57)56-41-40-50(42-58(56)61)63(48-22-7-4-8-23-48)60-31-16-13-26-54(60)46-34-32-45(33-35-46)53-25-12-15-30-59(53)62(47-20-5-3-6-21-47)49-38-36-44(37-39-49)52-28-17-19-43-18-9-10-24-51(43)52/h3-32,34,36-42H,33,35H2,1-2H3. The van der Waals surface area contributed by atoms with E-state index in [1.54, 1.807) is 0 Å². The number of hydrogen-bond acceptors (Lipinski definition) is 2. The van der Waals surface area contributed by atoms with Crippen molar-refractivity contribution >= 4 is 56.0 Å². The largest absolute Gasteiger partial charge is 0.310 e. The Morgan fingerprint density at radius 3 is 1.44 bits per heavy atom. The number of allylic oxidation sites excluding steroid dienone is 4. The summed E-state index contributed by atoms with van der Waals surface area (Å²) < 4.78 is 0. The molecule has 2 nitrogen and oxygen atoms in total. The summed E-state index contributed by atoms with van der Waals surface area (Å²) in [6, 6.07) is 79.7. The molecule has 2 heteroatoms. The molecule has 0 heterocycles. The lowest BCUT2D eigenvalue weighted by Gasteiger charge is -2.31. The van der Waals surface area contributed by atoms with Crippen LogP contribution in [0, 0.1) is 0 Å². The van der Waals surface area contributed by atoms with Crippen LogP contribution in [0.25, 0.3) is 44.2 Å². The zero-order chi connectivity index (χ0) is 42.3. The maximum Gasteiger partial charge on any atom is 0.0536 e. The lowest BCUT2D eigenvalue weighted by atomic mass is 9.82. The van der Waals surface area contributed by atoms with Crippen LogP contribution in [0.4, 0.5) is 34.1 Å². The van der Waals surface area contributed by atoms with Crippen LogP contribution in [0.2, 0.25) is 0 Å². The Bertz CT molecular complexity index is 3190. The number of benzene rings is 9. The van der Waals surface area contributed by atoms with E-state index in [1.807, 2.05) is 0 Å². The molecule has 0 saturated heterocycles. The zero-order valence-electron chi connectivity index (χ0n) is 35.7. The highest BCUT2D eigenvalue weighted by Gasteiger charge is 2.36. The van der Waals surface area contributed by atoms with E-state index in [9.17, 15) is 0 Å². The highest BCUT2D eigenvalue weighted by Crippen LogP contribution is 2.51. The van der Waals surface area contributed by atoms with Gasteiger partial charge in [-0.1, -0.05) is 184 Å². The summed E-state index contributed by atoms with van der Waals surface area (Å²) in [5, 5.41) is 2.52. The van der Waals surface area contributed by atoms with Gasteiger partial charge < -0.3 is 9.80 Å². The lowest BCUT2D eigenvalue weighted by Crippen LogP contribution is -2.17. The van der Waals surface area contributed by atoms with Gasteiger partial charge in [-0.2, -0.15) is 0 Å². The number of rotatable bonds is 9. The maximum atomic E-state index is 2.45. The molecule has 0 aliphatic heterocycles. The fourth-order valence-corrected chi connectivity index (χ4v) is 10.1. The first kappa shape index (κ1) is 38.3. The second-order valence-corrected chi connectivity index (χ2v) is 17.2. The van der Waals surface area contributed by atoms with Crippen molar-refractivity contribution in [2.75, 3.05) is 9.80 Å². The number of nitrogens with zero attached hydrogens (tertiary/aromatic N) is 2. The van der Waals surface area contributed by atoms with Crippen LogP contribution in [-0.4, -0.2) is 0 Å². The first-order valence-electron chi connectivity index (χ1n) is 22.1. The number of fused-ring (bicyclic) bond motifs is 4. The summed E-state index contributed by atoms with van der Waals surface area (Å²) in [6.45, 7) is 4.72. The summed E-state index contributed by atoms with van der Waals surface area (Å²) in [5.74, 6) is 0. The molecule has 0 atom stereocenters. The summed E-state index contributed by atoms with van der Waals surface area (Å²) in [4.78, 5) is 4.86. The Kier molecular flexibility index (Phi) is 9.70. The van der Waals surface area contributed by atoms with E-state index in [-0.39, 0.29) is 5.41 Å². The fourth-order valence-electron chi connectivity index (χ4n) is 10.1. The van der Waals surface area contributed by atoms with E-state index >= 15 is 0 Å². The molecule has 9 aromatic carbocycles. The topological polar surface area (TPSA) is 6.48 Å². The van der Waals surface area contributed by atoms with Crippen LogP contribution in [0.15, 0.2) is 231 Å². The minimum absolute atomic E-state index is 0.0930. The van der Waals surface area contributed by atoms with Gasteiger partial charge in [-0.3, -0.25) is 0 Å². The Morgan fingerprint density at radius 1 is 0.349 bits per heavy atom. The maximum absolute atomic E-state index is 2.45. The highest BCUT2D eigenvalue weighted by molar-refractivity contribution is 5.97. The van der Waals surface area contributed by atoms with E-state index in [4.69, 9.17) is 0 Å². The van der Waals surface area contributed by atoms with Crippen LogP contribution < -0.4 is 9.80 Å². The average Bonchev–Trinajstić information content (AvgIpc) is 3.58. The van der Waals surface area contributed by atoms with Crippen LogP contribution in [-0.2, 0) is 5.41 Å². The second kappa shape index (κ2) is 16.0. The minimum atomic E-state index is -0.0930. The average molecular weight is 809 g/mol. The fraction of sp³-hybridized carbons (Fsp3) is 0.0820. The van der Waals surface area contributed by atoms with Crippen molar-refractivity contribution in [3.05, 3.63) is 253 Å². The van der Waals surface area contributed by atoms with Gasteiger partial charge in [-0.15, -0.1) is 0 Å². The van der Waals surface area contributed by atoms with Crippen molar-refractivity contribution in [1.82, 2.24) is 0 Å². The van der Waals surface area contributed by atoms with Gasteiger partial charge in [0.15, 0.2) is 0 Å². The molecule has 11 rings (SSSR count). The third kappa shape index (κ3) is 6.85. The number of para-hydroxylation sites is 4. The van der Waals surface area contributed by atoms with Gasteiger partial charge >= 0.3 is 0 Å². The second-order valence-electron chi connectivity index (χ2n) is 17.2. The number of hydrogen-bond donors (Lipinski definition) is 0. The minimum Gasteiger partial charge on any atom is -0.310 e. The van der Waals surface area contributed by atoms with E-state index < -0.39 is 0 Å². The van der Waals surface area contributed by atoms with Crippen molar-refractivity contribution in [2.45, 2.75) is 32.1 Å². The molecule has 0 aromatic heterocycles. The molecule has 9 aromatic rings. The molecule has 63 heavy (non-hydrogen) atoms. The van der Waals surface area contributed by atoms with Crippen molar-refractivity contribution in [3.63, 3.8) is 0 Å². The first-order chi connectivity index (χ1) is 31.0. The van der Waals surface area contributed by atoms with Gasteiger partial charge in [0, 0.05) is 39.3 Å². The Balaban J connectivity index is 0.966. The lowest BCUT2D eigenvalue weighted by molar-refractivity contribution is 0.660. The van der Waals surface area contributed by atoms with Crippen molar-refractivity contribution in [3.8, 4) is 22.3 Å². The normalized spacial score (nSPS) is 13.7. The molecular weight excluding hydrogens is 761 g/mol. The van der Waals surface area contributed by atoms with Crippen molar-refractivity contribution < 1.29 is 0 Å². The molecule has 2 aliphatic rings. The molecule has 302 valence electrons. The molecule has 0 spiro atoms. The molecule has 0 unspecified atom stereocenters. The van der Waals surface area contributed by atoms with Crippen LogP contribution in [0.5, 0.6) is 0 Å². The van der Waals surface area contributed by atoms with E-state index in [1.165, 1.54) is 83.5 Å². The van der Waals surface area contributed by atoms with Crippen molar-refractivity contribution in [2.24, 2.45) is 0 Å². The Morgan fingerprint density at radius 2 is 0.810 bits per heavy atom. The molecule has 0 radical (unpaired) electrons. The van der Waals surface area contributed by atoms with Gasteiger partial charge in [0.1, 0.15) is 0 Å². The summed E-state index contributed by atoms with van der Waals surface area (Å²) >= 11 is 0. The summed E-state index contributed by atoms with van der Waals surface area (Å²) in [5.41, 5.74) is 19.9. The quantitative estimate of drug-likeness (QED) is 0.143. The molecular formula is C61H48N2. The summed E-state index contributed by atoms with van der Waals surface area (Å²) in [7, 11) is 0. The Labute approximate surface area is 371 Å². The predicted octanol–water partition coefficient (Wildman–Crippen LogP) is 17.0. The van der Waals surface area contributed by atoms with Crippen LogP contribution >= 0.6 is 0 Å². The first-order valence-corrected chi connectivity index (χ1v) is 22.1. The van der Waals surface area contributed by atoms with E-state index in [0.717, 1.165) is 29.9 Å². The molecule has 2 aliphatic carbocycles. The monoisotopic (exact) mass is 808 g/mol. The van der Waals surface area contributed by atoms with Crippen molar-refractivity contribution in [1.29, 1.82) is 0 Å². The Hall–Kier alpha value is -7.68. The molecule has 0 amide bonds. The third-order valence-electron chi connectivity index (χ3n) is 13.2. The van der Waals surface area contributed by atoms with Gasteiger partial charge in [0.25, 0.3) is 0 Å². The SMILES string of the molecule is CC1(C)c2ccccc2-c2ccc(N(c3ccccc3)c3ccccc3C3=CC=C(c4ccccc4N(c4ccccc4)c4ccc(-c5cccc6ccccc56)cc4)CC3)cc21. The van der Waals surface area contributed by atoms with Gasteiger partial charge in [0.05, 0.1) is 11.4 Å². The van der Waals surface area contributed by atoms with Crippen LogP contribution in [0.1, 0.15) is 48.9 Å². The molecule has 0 saturated carbocycles. The predicted molar refractivity (Wildman–Crippen MR) is 268 cm³/mol. The van der Waals surface area contributed by atoms with Gasteiger partial charge in [-0.25, -0.2) is 0 Å².